The third-order valence-electron chi connectivity index (χ3n) is 7.32. The molecule has 1 fully saturated rings. The fourth-order valence-electron chi connectivity index (χ4n) is 3.84. The van der Waals surface area contributed by atoms with Gasteiger partial charge in [0.25, 0.3) is 0 Å². The molecule has 3 rings (SSSR count). The van der Waals surface area contributed by atoms with E-state index in [0.29, 0.717) is 12.2 Å². The highest BCUT2D eigenvalue weighted by atomic mass is 28.4. The molecule has 8 heteroatoms. The van der Waals surface area contributed by atoms with Crippen molar-refractivity contribution >= 4 is 14.3 Å². The van der Waals surface area contributed by atoms with E-state index in [2.05, 4.69) is 33.9 Å². The average Bonchev–Trinajstić information content (AvgIpc) is 3.07. The first-order valence-electron chi connectivity index (χ1n) is 12.3. The zero-order chi connectivity index (χ0) is 26.6. The van der Waals surface area contributed by atoms with Crippen molar-refractivity contribution in [3.8, 4) is 5.75 Å². The molecule has 4 atom stereocenters. The molecule has 0 aliphatic carbocycles. The summed E-state index contributed by atoms with van der Waals surface area (Å²) in [6.07, 6.45) is -2.22. The van der Waals surface area contributed by atoms with Crippen LogP contribution < -0.4 is 4.74 Å². The molecule has 1 saturated heterocycles. The molecule has 0 bridgehead atoms. The van der Waals surface area contributed by atoms with Gasteiger partial charge in [0.1, 0.15) is 18.5 Å². The van der Waals surface area contributed by atoms with Crippen molar-refractivity contribution in [3.05, 3.63) is 65.7 Å². The van der Waals surface area contributed by atoms with Crippen LogP contribution in [0.15, 0.2) is 54.6 Å². The van der Waals surface area contributed by atoms with Gasteiger partial charge in [-0.15, -0.1) is 0 Å². The Balaban J connectivity index is 1.75. The van der Waals surface area contributed by atoms with Crippen molar-refractivity contribution < 1.29 is 33.3 Å². The van der Waals surface area contributed by atoms with Crippen LogP contribution >= 0.6 is 0 Å². The van der Waals surface area contributed by atoms with Gasteiger partial charge in [-0.3, -0.25) is 0 Å². The molecule has 0 amide bonds. The lowest BCUT2D eigenvalue weighted by atomic mass is 9.84. The van der Waals surface area contributed by atoms with Crippen molar-refractivity contribution in [1.29, 1.82) is 0 Å². The molecule has 198 valence electrons. The fraction of sp³-hybridized carbons (Fsp3) is 0.536. The van der Waals surface area contributed by atoms with Crippen LogP contribution in [0.5, 0.6) is 5.75 Å². The third-order valence-corrected chi connectivity index (χ3v) is 11.8. The Morgan fingerprint density at radius 2 is 1.72 bits per heavy atom. The molecule has 2 aromatic rings. The minimum absolute atomic E-state index is 0.0455. The Morgan fingerprint density at radius 3 is 2.31 bits per heavy atom. The van der Waals surface area contributed by atoms with Gasteiger partial charge >= 0.3 is 5.97 Å². The highest BCUT2D eigenvalue weighted by Gasteiger charge is 2.57. The number of rotatable bonds is 10. The summed E-state index contributed by atoms with van der Waals surface area (Å²) < 4.78 is 29.6. The number of aliphatic hydroxyl groups excluding tert-OH is 1. The first-order chi connectivity index (χ1) is 16.9. The smallest absolute Gasteiger partial charge is 0.338 e. The lowest BCUT2D eigenvalue weighted by molar-refractivity contribution is -0.150. The maximum Gasteiger partial charge on any atom is 0.338 e. The molecule has 7 nitrogen and oxygen atoms in total. The van der Waals surface area contributed by atoms with Gasteiger partial charge in [0.15, 0.2) is 14.6 Å². The molecular formula is C28H40O7Si. The van der Waals surface area contributed by atoms with Crippen molar-refractivity contribution in [2.45, 2.75) is 70.9 Å². The van der Waals surface area contributed by atoms with Gasteiger partial charge in [0.05, 0.1) is 37.4 Å². The van der Waals surface area contributed by atoms with E-state index in [9.17, 15) is 9.90 Å². The fourth-order valence-corrected chi connectivity index (χ4v) is 5.25. The van der Waals surface area contributed by atoms with E-state index >= 15 is 0 Å². The molecule has 1 heterocycles. The van der Waals surface area contributed by atoms with Gasteiger partial charge < -0.3 is 28.5 Å². The molecule has 1 aliphatic rings. The highest BCUT2D eigenvalue weighted by Crippen LogP contribution is 2.46. The van der Waals surface area contributed by atoms with E-state index in [1.807, 2.05) is 37.3 Å². The summed E-state index contributed by atoms with van der Waals surface area (Å²) in [4.78, 5) is 12.6. The molecule has 1 aliphatic heterocycles. The zero-order valence-electron chi connectivity index (χ0n) is 22.4. The van der Waals surface area contributed by atoms with Crippen molar-refractivity contribution in [1.82, 2.24) is 0 Å². The number of hydrogen-bond donors (Lipinski definition) is 1. The molecule has 36 heavy (non-hydrogen) atoms. The lowest BCUT2D eigenvalue weighted by Crippen LogP contribution is -2.53. The predicted octanol–water partition coefficient (Wildman–Crippen LogP) is 5.18. The van der Waals surface area contributed by atoms with Gasteiger partial charge in [-0.25, -0.2) is 4.79 Å². The first-order valence-corrected chi connectivity index (χ1v) is 15.2. The van der Waals surface area contributed by atoms with Gasteiger partial charge in [-0.1, -0.05) is 51.1 Å². The van der Waals surface area contributed by atoms with Crippen LogP contribution in [0.2, 0.25) is 18.1 Å². The van der Waals surface area contributed by atoms with E-state index in [4.69, 9.17) is 23.4 Å². The van der Waals surface area contributed by atoms with E-state index in [0.717, 1.165) is 11.3 Å². The average molecular weight is 517 g/mol. The monoisotopic (exact) mass is 516 g/mol. The van der Waals surface area contributed by atoms with E-state index in [-0.39, 0.29) is 18.3 Å². The topological polar surface area (TPSA) is 83.5 Å². The Hall–Kier alpha value is -2.23. The number of carbonyl (C=O) groups is 1. The molecule has 1 unspecified atom stereocenters. The molecule has 0 radical (unpaired) electrons. The molecule has 2 aromatic carbocycles. The Bertz CT molecular complexity index is 987. The SMILES string of the molecule is COc1ccc(COC[C@H]2OC(O)[C@](C)(COC(=O)c3ccccc3)[C@@H]2O[Si](C)(C)C(C)(C)C)cc1. The molecule has 1 N–H and O–H groups in total. The van der Waals surface area contributed by atoms with E-state index in [1.165, 1.54) is 0 Å². The van der Waals surface area contributed by atoms with Crippen LogP contribution in [0.3, 0.4) is 0 Å². The van der Waals surface area contributed by atoms with E-state index < -0.39 is 38.2 Å². The number of hydrogen-bond acceptors (Lipinski definition) is 7. The number of carbonyl (C=O) groups excluding carboxylic acids is 1. The van der Waals surface area contributed by atoms with Crippen LogP contribution in [0.25, 0.3) is 0 Å². The lowest BCUT2D eigenvalue weighted by Gasteiger charge is -2.43. The second-order valence-corrected chi connectivity index (χ2v) is 15.9. The highest BCUT2D eigenvalue weighted by molar-refractivity contribution is 6.74. The summed E-state index contributed by atoms with van der Waals surface area (Å²) in [6, 6.07) is 16.5. The van der Waals surface area contributed by atoms with Crippen LogP contribution in [0.4, 0.5) is 0 Å². The number of aliphatic hydroxyl groups is 1. The molecular weight excluding hydrogens is 476 g/mol. The summed E-state index contributed by atoms with van der Waals surface area (Å²) in [6.45, 7) is 13.2. The summed E-state index contributed by atoms with van der Waals surface area (Å²) in [5, 5.41) is 10.9. The second kappa shape index (κ2) is 11.4. The van der Waals surface area contributed by atoms with Gasteiger partial charge in [0.2, 0.25) is 0 Å². The summed E-state index contributed by atoms with van der Waals surface area (Å²) in [5.41, 5.74) is 0.486. The minimum atomic E-state index is -2.27. The summed E-state index contributed by atoms with van der Waals surface area (Å²) in [7, 11) is -0.635. The quantitative estimate of drug-likeness (QED) is 0.344. The van der Waals surface area contributed by atoms with Crippen molar-refractivity contribution in [2.75, 3.05) is 20.3 Å². The van der Waals surface area contributed by atoms with Crippen molar-refractivity contribution in [2.24, 2.45) is 5.41 Å². The van der Waals surface area contributed by atoms with Gasteiger partial charge in [-0.2, -0.15) is 0 Å². The van der Waals surface area contributed by atoms with Crippen LogP contribution in [0.1, 0.15) is 43.6 Å². The number of benzene rings is 2. The first kappa shape index (κ1) is 28.3. The molecule has 0 saturated carbocycles. The predicted molar refractivity (Wildman–Crippen MR) is 140 cm³/mol. The minimum Gasteiger partial charge on any atom is -0.497 e. The van der Waals surface area contributed by atoms with E-state index in [1.54, 1.807) is 31.4 Å². The van der Waals surface area contributed by atoms with Gasteiger partial charge in [0, 0.05) is 0 Å². The third kappa shape index (κ3) is 6.55. The Morgan fingerprint density at radius 1 is 1.08 bits per heavy atom. The maximum absolute atomic E-state index is 12.6. The van der Waals surface area contributed by atoms with Crippen LogP contribution in [0, 0.1) is 5.41 Å². The number of esters is 1. The Labute approximate surface area is 215 Å². The summed E-state index contributed by atoms with van der Waals surface area (Å²) in [5.74, 6) is 0.332. The maximum atomic E-state index is 12.6. The number of methoxy groups -OCH3 is 1. The van der Waals surface area contributed by atoms with Crippen molar-refractivity contribution in [3.63, 3.8) is 0 Å². The molecule has 0 aromatic heterocycles. The molecule has 0 spiro atoms. The standard InChI is InChI=1S/C28H40O7Si/c1-27(2,3)36(6,7)35-24-23(18-32-17-20-13-15-22(31-5)16-14-20)34-26(30)28(24,4)19-33-25(29)21-11-9-8-10-12-21/h8-16,23-24,26,30H,17-19H2,1-7H3/t23-,24-,26?,28-/m1/s1. The largest absolute Gasteiger partial charge is 0.497 e. The number of ether oxygens (including phenoxy) is 4. The summed E-state index contributed by atoms with van der Waals surface area (Å²) >= 11 is 0. The Kier molecular flexibility index (Phi) is 9.00. The van der Waals surface area contributed by atoms with Crippen LogP contribution in [-0.2, 0) is 25.2 Å². The van der Waals surface area contributed by atoms with Gasteiger partial charge in [-0.05, 0) is 54.9 Å². The normalized spacial score (nSPS) is 24.5. The van der Waals surface area contributed by atoms with Crippen LogP contribution in [-0.4, -0.2) is 58.2 Å². The second-order valence-electron chi connectivity index (χ2n) is 11.1. The zero-order valence-corrected chi connectivity index (χ0v) is 23.4.